The molecule has 0 saturated carbocycles. The van der Waals surface area contributed by atoms with E-state index in [0.29, 0.717) is 10.8 Å². The molecule has 0 aliphatic rings. The summed E-state index contributed by atoms with van der Waals surface area (Å²) in [7, 11) is -3.96. The van der Waals surface area contributed by atoms with Crippen molar-refractivity contribution in [3.63, 3.8) is 0 Å². The molecule has 2 aromatic carbocycles. The zero-order valence-corrected chi connectivity index (χ0v) is 18.1. The van der Waals surface area contributed by atoms with Gasteiger partial charge in [0.05, 0.1) is 28.6 Å². The molecule has 0 atom stereocenters. The van der Waals surface area contributed by atoms with Crippen LogP contribution < -0.4 is 9.46 Å². The summed E-state index contributed by atoms with van der Waals surface area (Å²) in [5.74, 6) is 0.561. The molecule has 1 N–H and O–H groups in total. The SMILES string of the molecule is O=S(=O)(Nc1cnc(Oc2cnc3ccccc3c2)c(Cl)c1)c1ccc(Cl)cc1Cl. The number of nitrogens with one attached hydrogen (secondary N) is 1. The van der Waals surface area contributed by atoms with E-state index in [1.165, 1.54) is 30.5 Å². The topological polar surface area (TPSA) is 81.2 Å². The molecule has 2 heterocycles. The molecule has 0 unspecified atom stereocenters. The zero-order valence-electron chi connectivity index (χ0n) is 15.0. The van der Waals surface area contributed by atoms with Crippen LogP contribution in [0.25, 0.3) is 10.9 Å². The highest BCUT2D eigenvalue weighted by atomic mass is 35.5. The predicted molar refractivity (Wildman–Crippen MR) is 118 cm³/mol. The van der Waals surface area contributed by atoms with Crippen molar-refractivity contribution in [2.24, 2.45) is 0 Å². The first-order chi connectivity index (χ1) is 14.3. The number of hydrogen-bond donors (Lipinski definition) is 1. The van der Waals surface area contributed by atoms with E-state index >= 15 is 0 Å². The Balaban J connectivity index is 1.56. The smallest absolute Gasteiger partial charge is 0.263 e. The maximum atomic E-state index is 12.6. The van der Waals surface area contributed by atoms with Crippen LogP contribution in [0.3, 0.4) is 0 Å². The second-order valence-electron chi connectivity index (χ2n) is 6.16. The molecule has 4 rings (SSSR count). The van der Waals surface area contributed by atoms with Crippen LogP contribution in [0, 0.1) is 0 Å². The average molecular weight is 481 g/mol. The predicted octanol–water partition coefficient (Wildman–Crippen LogP) is 6.18. The Kier molecular flexibility index (Phi) is 5.71. The van der Waals surface area contributed by atoms with Crippen LogP contribution >= 0.6 is 34.8 Å². The van der Waals surface area contributed by atoms with Crippen LogP contribution in [-0.2, 0) is 10.0 Å². The monoisotopic (exact) mass is 479 g/mol. The number of hydrogen-bond acceptors (Lipinski definition) is 5. The van der Waals surface area contributed by atoms with E-state index in [0.717, 1.165) is 10.9 Å². The second kappa shape index (κ2) is 8.28. The Labute approximate surface area is 187 Å². The molecule has 30 heavy (non-hydrogen) atoms. The van der Waals surface area contributed by atoms with Gasteiger partial charge in [0.15, 0.2) is 0 Å². The third kappa shape index (κ3) is 4.44. The summed E-state index contributed by atoms with van der Waals surface area (Å²) in [5.41, 5.74) is 0.976. The van der Waals surface area contributed by atoms with Gasteiger partial charge < -0.3 is 4.74 Å². The number of ether oxygens (including phenoxy) is 1. The summed E-state index contributed by atoms with van der Waals surface area (Å²) in [6.45, 7) is 0. The van der Waals surface area contributed by atoms with Gasteiger partial charge in [0, 0.05) is 10.4 Å². The Bertz CT molecular complexity index is 1360. The number of nitrogens with zero attached hydrogens (tertiary/aromatic N) is 2. The lowest BCUT2D eigenvalue weighted by Gasteiger charge is -2.11. The first-order valence-corrected chi connectivity index (χ1v) is 11.1. The number of rotatable bonds is 5. The van der Waals surface area contributed by atoms with E-state index in [4.69, 9.17) is 39.5 Å². The Morgan fingerprint density at radius 1 is 0.867 bits per heavy atom. The van der Waals surface area contributed by atoms with Gasteiger partial charge in [-0.05, 0) is 36.4 Å². The number of para-hydroxylation sites is 1. The van der Waals surface area contributed by atoms with Crippen LogP contribution in [-0.4, -0.2) is 18.4 Å². The van der Waals surface area contributed by atoms with Crippen molar-refractivity contribution in [3.05, 3.63) is 82.1 Å². The van der Waals surface area contributed by atoms with Gasteiger partial charge in [-0.15, -0.1) is 0 Å². The molecule has 152 valence electrons. The zero-order chi connectivity index (χ0) is 21.3. The van der Waals surface area contributed by atoms with Gasteiger partial charge >= 0.3 is 0 Å². The van der Waals surface area contributed by atoms with Crippen LogP contribution in [0.15, 0.2) is 71.9 Å². The van der Waals surface area contributed by atoms with Crippen LogP contribution in [0.2, 0.25) is 15.1 Å². The molecule has 0 aliphatic heterocycles. The van der Waals surface area contributed by atoms with Crippen molar-refractivity contribution in [1.29, 1.82) is 0 Å². The summed E-state index contributed by atoms with van der Waals surface area (Å²) in [6, 6.07) is 14.9. The lowest BCUT2D eigenvalue weighted by Crippen LogP contribution is -2.13. The summed E-state index contributed by atoms with van der Waals surface area (Å²) in [5, 5.41) is 1.34. The van der Waals surface area contributed by atoms with E-state index in [1.54, 1.807) is 12.3 Å². The maximum Gasteiger partial charge on any atom is 0.263 e. The third-order valence-corrected chi connectivity index (χ3v) is 6.39. The average Bonchev–Trinajstić information content (AvgIpc) is 2.69. The minimum atomic E-state index is -3.96. The van der Waals surface area contributed by atoms with Crippen molar-refractivity contribution in [2.75, 3.05) is 4.72 Å². The Morgan fingerprint density at radius 3 is 2.43 bits per heavy atom. The maximum absolute atomic E-state index is 12.6. The molecule has 0 amide bonds. The van der Waals surface area contributed by atoms with Crippen LogP contribution in [0.1, 0.15) is 0 Å². The molecule has 0 fully saturated rings. The largest absolute Gasteiger partial charge is 0.436 e. The molecule has 2 aromatic heterocycles. The van der Waals surface area contributed by atoms with E-state index in [-0.39, 0.29) is 26.5 Å². The first kappa shape index (κ1) is 20.7. The highest BCUT2D eigenvalue weighted by molar-refractivity contribution is 7.92. The molecule has 6 nitrogen and oxygen atoms in total. The molecule has 0 aliphatic carbocycles. The van der Waals surface area contributed by atoms with Gasteiger partial charge in [-0.1, -0.05) is 53.0 Å². The Morgan fingerprint density at radius 2 is 1.67 bits per heavy atom. The first-order valence-electron chi connectivity index (χ1n) is 8.48. The van der Waals surface area contributed by atoms with E-state index in [2.05, 4.69) is 14.7 Å². The number of benzene rings is 2. The second-order valence-corrected chi connectivity index (χ2v) is 9.06. The third-order valence-electron chi connectivity index (χ3n) is 4.02. The summed E-state index contributed by atoms with van der Waals surface area (Å²) >= 11 is 18.1. The van der Waals surface area contributed by atoms with Gasteiger partial charge in [0.2, 0.25) is 5.88 Å². The molecule has 0 spiro atoms. The number of sulfonamides is 1. The van der Waals surface area contributed by atoms with E-state index in [1.807, 2.05) is 24.3 Å². The summed E-state index contributed by atoms with van der Waals surface area (Å²) in [4.78, 5) is 8.30. The molecule has 10 heteroatoms. The van der Waals surface area contributed by atoms with Gasteiger partial charge in [-0.2, -0.15) is 0 Å². The van der Waals surface area contributed by atoms with E-state index in [9.17, 15) is 8.42 Å². The van der Waals surface area contributed by atoms with Crippen molar-refractivity contribution in [2.45, 2.75) is 4.90 Å². The number of pyridine rings is 2. The number of anilines is 1. The van der Waals surface area contributed by atoms with Crippen molar-refractivity contribution in [1.82, 2.24) is 9.97 Å². The highest BCUT2D eigenvalue weighted by Gasteiger charge is 2.19. The minimum Gasteiger partial charge on any atom is -0.436 e. The Hall–Kier alpha value is -2.58. The number of halogens is 3. The number of fused-ring (bicyclic) bond motifs is 1. The fraction of sp³-hybridized carbons (Fsp3) is 0. The lowest BCUT2D eigenvalue weighted by molar-refractivity contribution is 0.462. The standard InChI is InChI=1S/C20H12Cl3N3O3S/c21-13-5-6-19(16(22)8-13)30(27,28)26-14-9-17(23)20(25-10-14)29-15-7-12-3-1-2-4-18(12)24-11-15/h1-11,26H. The molecule has 0 saturated heterocycles. The van der Waals surface area contributed by atoms with Gasteiger partial charge in [0.1, 0.15) is 15.7 Å². The van der Waals surface area contributed by atoms with Gasteiger partial charge in [-0.3, -0.25) is 9.71 Å². The summed E-state index contributed by atoms with van der Waals surface area (Å²) < 4.78 is 33.3. The summed E-state index contributed by atoms with van der Waals surface area (Å²) in [6.07, 6.45) is 2.84. The van der Waals surface area contributed by atoms with Gasteiger partial charge in [-0.25, -0.2) is 13.4 Å². The fourth-order valence-corrected chi connectivity index (χ4v) is 4.69. The molecule has 4 aromatic rings. The van der Waals surface area contributed by atoms with Crippen LogP contribution in [0.4, 0.5) is 5.69 Å². The molecular weight excluding hydrogens is 469 g/mol. The normalized spacial score (nSPS) is 11.4. The van der Waals surface area contributed by atoms with Gasteiger partial charge in [0.25, 0.3) is 10.0 Å². The molecule has 0 bridgehead atoms. The number of aromatic nitrogens is 2. The van der Waals surface area contributed by atoms with Crippen LogP contribution in [0.5, 0.6) is 11.6 Å². The van der Waals surface area contributed by atoms with Crippen molar-refractivity contribution >= 4 is 61.4 Å². The minimum absolute atomic E-state index is 0.00202. The van der Waals surface area contributed by atoms with Crippen molar-refractivity contribution in [3.8, 4) is 11.6 Å². The highest BCUT2D eigenvalue weighted by Crippen LogP contribution is 2.32. The quantitative estimate of drug-likeness (QED) is 0.369. The van der Waals surface area contributed by atoms with Crippen molar-refractivity contribution < 1.29 is 13.2 Å². The lowest BCUT2D eigenvalue weighted by atomic mass is 10.2. The fourth-order valence-electron chi connectivity index (χ4n) is 2.68. The van der Waals surface area contributed by atoms with E-state index < -0.39 is 10.0 Å². The molecular formula is C20H12Cl3N3O3S. The molecule has 0 radical (unpaired) electrons.